The van der Waals surface area contributed by atoms with Crippen LogP contribution in [0.4, 0.5) is 10.8 Å². The predicted octanol–water partition coefficient (Wildman–Crippen LogP) is 6.14. The molecule has 2 aromatic carbocycles. The predicted molar refractivity (Wildman–Crippen MR) is 163 cm³/mol. The molecule has 1 aliphatic carbocycles. The van der Waals surface area contributed by atoms with Gasteiger partial charge in [-0.2, -0.15) is 5.26 Å². The van der Waals surface area contributed by atoms with Crippen molar-refractivity contribution in [1.29, 1.82) is 5.26 Å². The average molecular weight is 585 g/mol. The number of nitrogens with one attached hydrogen (secondary N) is 1. The summed E-state index contributed by atoms with van der Waals surface area (Å²) in [6.45, 7) is 10.1. The quantitative estimate of drug-likeness (QED) is 0.331. The fourth-order valence-electron chi connectivity index (χ4n) is 5.44. The molecule has 10 heteroatoms. The molecule has 1 aliphatic heterocycles. The number of rotatable bonds is 6. The van der Waals surface area contributed by atoms with Crippen LogP contribution in [-0.4, -0.2) is 27.6 Å². The van der Waals surface area contributed by atoms with Gasteiger partial charge in [0.25, 0.3) is 0 Å². The summed E-state index contributed by atoms with van der Waals surface area (Å²) in [7, 11) is 0. The number of nitrogens with two attached hydrogens (primary N) is 1. The number of hydrogen-bond acceptors (Lipinski definition) is 9. The molecular weight excluding hydrogens is 553 g/mol. The van der Waals surface area contributed by atoms with Gasteiger partial charge in [-0.15, -0.1) is 10.2 Å². The Hall–Kier alpha value is -3.94. The zero-order valence-electron chi connectivity index (χ0n) is 23.7. The largest absolute Gasteiger partial charge is 0.384 e. The van der Waals surface area contributed by atoms with E-state index >= 15 is 0 Å². The number of ketones is 1. The van der Waals surface area contributed by atoms with Crippen LogP contribution in [0, 0.1) is 37.5 Å². The highest BCUT2D eigenvalue weighted by Crippen LogP contribution is 2.51. The third kappa shape index (κ3) is 5.65. The van der Waals surface area contributed by atoms with Gasteiger partial charge in [-0.1, -0.05) is 67.3 Å². The van der Waals surface area contributed by atoms with Crippen LogP contribution in [0.5, 0.6) is 0 Å². The van der Waals surface area contributed by atoms with Gasteiger partial charge < -0.3 is 11.1 Å². The first-order chi connectivity index (χ1) is 19.5. The molecule has 3 N–H and O–H groups in total. The summed E-state index contributed by atoms with van der Waals surface area (Å²) in [6, 6.07) is 15.9. The van der Waals surface area contributed by atoms with Crippen LogP contribution in [0.15, 0.2) is 69.5 Å². The van der Waals surface area contributed by atoms with Crippen molar-refractivity contribution in [3.63, 3.8) is 0 Å². The summed E-state index contributed by atoms with van der Waals surface area (Å²) < 4.78 is 0.589. The Morgan fingerprint density at radius 3 is 2.61 bits per heavy atom. The summed E-state index contributed by atoms with van der Waals surface area (Å²) in [6.07, 6.45) is 0.976. The molecule has 1 unspecified atom stereocenters. The molecule has 2 aliphatic rings. The number of thioether (sulfide) groups is 1. The molecule has 0 spiro atoms. The Balaban J connectivity index is 1.46. The highest BCUT2D eigenvalue weighted by Gasteiger charge is 2.45. The summed E-state index contributed by atoms with van der Waals surface area (Å²) in [5, 5.41) is 22.4. The highest BCUT2D eigenvalue weighted by atomic mass is 32.2. The SMILES string of the molecule is Cc1ccc(NC(=O)CSc2nnc(N3C(N)=C(C#N)C(c4ccccc4C)C4=C3CC(C)(C)CC4=O)s2)cc1C. The molecule has 0 saturated carbocycles. The summed E-state index contributed by atoms with van der Waals surface area (Å²) in [5.74, 6) is -0.260. The number of nitriles is 1. The van der Waals surface area contributed by atoms with E-state index < -0.39 is 5.92 Å². The topological polar surface area (TPSA) is 125 Å². The number of aryl methyl sites for hydroxylation is 3. The molecule has 0 fully saturated rings. The van der Waals surface area contributed by atoms with E-state index in [2.05, 4.69) is 35.4 Å². The van der Waals surface area contributed by atoms with Gasteiger partial charge in [0.2, 0.25) is 11.0 Å². The van der Waals surface area contributed by atoms with E-state index in [0.29, 0.717) is 33.5 Å². The number of carbonyl (C=O) groups excluding carboxylic acids is 2. The van der Waals surface area contributed by atoms with Crippen molar-refractivity contribution in [3.8, 4) is 6.07 Å². The molecule has 2 heterocycles. The fraction of sp³-hybridized carbons (Fsp3) is 0.323. The number of carbonyl (C=O) groups is 2. The number of amides is 1. The van der Waals surface area contributed by atoms with Crippen molar-refractivity contribution < 1.29 is 9.59 Å². The Morgan fingerprint density at radius 1 is 1.15 bits per heavy atom. The van der Waals surface area contributed by atoms with Crippen LogP contribution in [0.25, 0.3) is 0 Å². The summed E-state index contributed by atoms with van der Waals surface area (Å²) in [5.41, 5.74) is 13.0. The van der Waals surface area contributed by atoms with Gasteiger partial charge in [-0.3, -0.25) is 14.5 Å². The molecule has 0 radical (unpaired) electrons. The normalized spacial score (nSPS) is 18.3. The van der Waals surface area contributed by atoms with Crippen molar-refractivity contribution in [3.05, 3.63) is 87.4 Å². The van der Waals surface area contributed by atoms with E-state index in [1.54, 1.807) is 4.90 Å². The monoisotopic (exact) mass is 584 g/mol. The maximum absolute atomic E-state index is 13.7. The lowest BCUT2D eigenvalue weighted by atomic mass is 9.68. The number of anilines is 2. The molecular formula is C31H32N6O2S2. The van der Waals surface area contributed by atoms with E-state index in [1.165, 1.54) is 23.1 Å². The smallest absolute Gasteiger partial charge is 0.234 e. The Kier molecular flexibility index (Phi) is 7.77. The zero-order valence-corrected chi connectivity index (χ0v) is 25.4. The number of aromatic nitrogens is 2. The van der Waals surface area contributed by atoms with Gasteiger partial charge in [0.15, 0.2) is 10.1 Å². The number of Topliss-reactive ketones (excluding diaryl/α,β-unsaturated/α-hetero) is 1. The lowest BCUT2D eigenvalue weighted by Gasteiger charge is -2.42. The van der Waals surface area contributed by atoms with Crippen molar-refractivity contribution in [2.45, 2.75) is 57.7 Å². The third-order valence-corrected chi connectivity index (χ3v) is 9.63. The highest BCUT2D eigenvalue weighted by molar-refractivity contribution is 8.01. The Labute approximate surface area is 248 Å². The average Bonchev–Trinajstić information content (AvgIpc) is 3.37. The molecule has 5 rings (SSSR count). The fourth-order valence-corrected chi connectivity index (χ4v) is 7.12. The molecule has 0 saturated heterocycles. The minimum absolute atomic E-state index is 0.0110. The van der Waals surface area contributed by atoms with Crippen molar-refractivity contribution in [1.82, 2.24) is 10.2 Å². The second-order valence-electron chi connectivity index (χ2n) is 11.3. The van der Waals surface area contributed by atoms with Crippen LogP contribution >= 0.6 is 23.1 Å². The van der Waals surface area contributed by atoms with Crippen LogP contribution < -0.4 is 16.0 Å². The van der Waals surface area contributed by atoms with Crippen LogP contribution in [0.2, 0.25) is 0 Å². The third-order valence-electron chi connectivity index (χ3n) is 7.58. The molecule has 210 valence electrons. The van der Waals surface area contributed by atoms with Crippen LogP contribution in [-0.2, 0) is 9.59 Å². The van der Waals surface area contributed by atoms with E-state index in [9.17, 15) is 14.9 Å². The first-order valence-corrected chi connectivity index (χ1v) is 15.1. The van der Waals surface area contributed by atoms with Gasteiger partial charge in [-0.25, -0.2) is 0 Å². The zero-order chi connectivity index (χ0) is 29.5. The molecule has 1 atom stereocenters. The first kappa shape index (κ1) is 28.6. The second-order valence-corrected chi connectivity index (χ2v) is 13.5. The molecule has 1 aromatic heterocycles. The van der Waals surface area contributed by atoms with E-state index in [0.717, 1.165) is 33.6 Å². The Morgan fingerprint density at radius 2 is 1.90 bits per heavy atom. The lowest BCUT2D eigenvalue weighted by molar-refractivity contribution is -0.118. The lowest BCUT2D eigenvalue weighted by Crippen LogP contribution is -2.42. The summed E-state index contributed by atoms with van der Waals surface area (Å²) in [4.78, 5) is 28.1. The van der Waals surface area contributed by atoms with E-state index in [-0.39, 0.29) is 28.7 Å². The second kappa shape index (κ2) is 11.1. The minimum Gasteiger partial charge on any atom is -0.384 e. The first-order valence-electron chi connectivity index (χ1n) is 13.3. The van der Waals surface area contributed by atoms with Crippen molar-refractivity contribution >= 4 is 45.6 Å². The number of nitrogens with zero attached hydrogens (tertiary/aromatic N) is 4. The van der Waals surface area contributed by atoms with Gasteiger partial charge in [0.05, 0.1) is 23.3 Å². The summed E-state index contributed by atoms with van der Waals surface area (Å²) >= 11 is 2.56. The van der Waals surface area contributed by atoms with Crippen molar-refractivity contribution in [2.24, 2.45) is 11.1 Å². The van der Waals surface area contributed by atoms with Gasteiger partial charge in [0.1, 0.15) is 5.82 Å². The molecule has 0 bridgehead atoms. The standard InChI is InChI=1S/C31H32N6O2S2/c1-17-10-11-20(12-19(17)3)34-25(39)16-40-30-36-35-29(41-30)37-23-13-31(4,5)14-24(38)27(23)26(22(15-32)28(37)33)21-9-7-6-8-18(21)2/h6-12,26H,13-14,16,33H2,1-5H3,(H,34,39). The Bertz CT molecular complexity index is 1660. The van der Waals surface area contributed by atoms with Crippen LogP contribution in [0.1, 0.15) is 54.9 Å². The molecule has 1 amide bonds. The molecule has 41 heavy (non-hydrogen) atoms. The van der Waals surface area contributed by atoms with E-state index in [4.69, 9.17) is 5.73 Å². The van der Waals surface area contributed by atoms with E-state index in [1.807, 2.05) is 63.2 Å². The van der Waals surface area contributed by atoms with Gasteiger partial charge >= 0.3 is 0 Å². The van der Waals surface area contributed by atoms with Gasteiger partial charge in [0, 0.05) is 23.4 Å². The number of hydrogen-bond donors (Lipinski definition) is 2. The maximum Gasteiger partial charge on any atom is 0.234 e. The molecule has 8 nitrogen and oxygen atoms in total. The number of allylic oxidation sites excluding steroid dienone is 3. The minimum atomic E-state index is -0.535. The van der Waals surface area contributed by atoms with Gasteiger partial charge in [-0.05, 0) is 67.0 Å². The van der Waals surface area contributed by atoms with Crippen molar-refractivity contribution in [2.75, 3.05) is 16.0 Å². The maximum atomic E-state index is 13.7. The van der Waals surface area contributed by atoms with Crippen LogP contribution in [0.3, 0.4) is 0 Å². The molecule has 3 aromatic rings. The number of benzene rings is 2.